The maximum atomic E-state index is 2.58. The first kappa shape index (κ1) is 35.9. The minimum Gasteiger partial charge on any atom is -0.0654 e. The Morgan fingerprint density at radius 3 is 1.28 bits per heavy atom. The third-order valence-corrected chi connectivity index (χ3v) is 12.8. The molecular formula is C58H48. The Morgan fingerprint density at radius 2 is 0.741 bits per heavy atom. The average Bonchev–Trinajstić information content (AvgIpc) is 3.56. The molecule has 0 saturated carbocycles. The van der Waals surface area contributed by atoms with Gasteiger partial charge < -0.3 is 0 Å². The summed E-state index contributed by atoms with van der Waals surface area (Å²) in [5.41, 5.74) is 18.4. The fraction of sp³-hybridized carbons (Fsp3) is 0.138. The molecule has 0 saturated heterocycles. The van der Waals surface area contributed by atoms with Crippen molar-refractivity contribution >= 4 is 21.5 Å². The summed E-state index contributed by atoms with van der Waals surface area (Å²) in [6.45, 7) is 4.69. The fourth-order valence-electron chi connectivity index (χ4n) is 10.1. The molecule has 9 aromatic rings. The van der Waals surface area contributed by atoms with Gasteiger partial charge in [-0.3, -0.25) is 0 Å². The second kappa shape index (κ2) is 15.1. The van der Waals surface area contributed by atoms with Crippen molar-refractivity contribution in [3.05, 3.63) is 205 Å². The van der Waals surface area contributed by atoms with Crippen LogP contribution in [-0.4, -0.2) is 0 Å². The van der Waals surface area contributed by atoms with Crippen LogP contribution in [0.3, 0.4) is 0 Å². The predicted octanol–water partition coefficient (Wildman–Crippen LogP) is 16.6. The van der Waals surface area contributed by atoms with Gasteiger partial charge >= 0.3 is 0 Å². The second-order valence-corrected chi connectivity index (χ2v) is 16.2. The van der Waals surface area contributed by atoms with E-state index in [2.05, 4.69) is 208 Å². The van der Waals surface area contributed by atoms with Gasteiger partial charge in [-0.2, -0.15) is 0 Å². The van der Waals surface area contributed by atoms with Crippen LogP contribution in [0.1, 0.15) is 57.1 Å². The Hall–Kier alpha value is -6.50. The lowest BCUT2D eigenvalue weighted by Gasteiger charge is -2.32. The fourth-order valence-corrected chi connectivity index (χ4v) is 10.1. The van der Waals surface area contributed by atoms with Gasteiger partial charge in [0.05, 0.1) is 0 Å². The maximum Gasteiger partial charge on any atom is 0.0215 e. The topological polar surface area (TPSA) is 0 Å². The van der Waals surface area contributed by atoms with Gasteiger partial charge in [-0.05, 0) is 137 Å². The largest absolute Gasteiger partial charge is 0.0654 e. The first-order chi connectivity index (χ1) is 28.7. The van der Waals surface area contributed by atoms with E-state index in [4.69, 9.17) is 0 Å². The van der Waals surface area contributed by atoms with Crippen molar-refractivity contribution in [3.63, 3.8) is 0 Å². The van der Waals surface area contributed by atoms with E-state index in [9.17, 15) is 0 Å². The zero-order chi connectivity index (χ0) is 39.1. The van der Waals surface area contributed by atoms with Crippen LogP contribution in [0.2, 0.25) is 0 Å². The van der Waals surface area contributed by atoms with Crippen LogP contribution in [-0.2, 0) is 5.41 Å². The molecule has 0 N–H and O–H groups in total. The Labute approximate surface area is 343 Å². The summed E-state index contributed by atoms with van der Waals surface area (Å²) >= 11 is 0. The Balaban J connectivity index is 1.12. The number of unbranched alkanes of at least 4 members (excludes halogenated alkanes) is 1. The Bertz CT molecular complexity index is 2800. The summed E-state index contributed by atoms with van der Waals surface area (Å²) in [6, 6.07) is 72.5. The van der Waals surface area contributed by atoms with Gasteiger partial charge in [0, 0.05) is 5.41 Å². The molecule has 0 heteroatoms. The van der Waals surface area contributed by atoms with E-state index >= 15 is 0 Å². The highest BCUT2D eigenvalue weighted by Crippen LogP contribution is 2.55. The molecule has 9 aromatic carbocycles. The predicted molar refractivity (Wildman–Crippen MR) is 249 cm³/mol. The van der Waals surface area contributed by atoms with Crippen molar-refractivity contribution in [2.75, 3.05) is 0 Å². The third-order valence-electron chi connectivity index (χ3n) is 12.8. The quantitative estimate of drug-likeness (QED) is 0.122. The molecule has 1 aliphatic rings. The van der Waals surface area contributed by atoms with E-state index in [1.165, 1.54) is 125 Å². The normalized spacial score (nSPS) is 14.4. The average molecular weight is 745 g/mol. The standard InChI is InChI=1S/C58H48/c1-3-5-35-58(34-4-2)54-27-17-16-22-48(54)49-33-32-44(39-55(49)58)57-52-25-14-12-23-50(52)56(51-24-13-15-26-53(51)57)43-30-28-42(29-31-43)47-37-45(40-18-8-6-9-19-40)36-46(38-47)41-20-10-7-11-21-41/h6-33,36-39H,3-5,34-35H2,1-2H3. The highest BCUT2D eigenvalue weighted by atomic mass is 14.4. The van der Waals surface area contributed by atoms with Crippen LogP contribution in [0.5, 0.6) is 0 Å². The van der Waals surface area contributed by atoms with Gasteiger partial charge in [0.25, 0.3) is 0 Å². The molecule has 1 unspecified atom stereocenters. The first-order valence-electron chi connectivity index (χ1n) is 21.2. The summed E-state index contributed by atoms with van der Waals surface area (Å²) in [5, 5.41) is 5.17. The number of hydrogen-bond acceptors (Lipinski definition) is 0. The minimum absolute atomic E-state index is 0.0441. The lowest BCUT2D eigenvalue weighted by molar-refractivity contribution is 0.425. The van der Waals surface area contributed by atoms with E-state index in [0.29, 0.717) is 0 Å². The molecule has 0 spiro atoms. The highest BCUT2D eigenvalue weighted by Gasteiger charge is 2.42. The molecular weight excluding hydrogens is 697 g/mol. The maximum absolute atomic E-state index is 2.58. The van der Waals surface area contributed by atoms with Crippen molar-refractivity contribution in [2.24, 2.45) is 0 Å². The molecule has 1 aliphatic carbocycles. The van der Waals surface area contributed by atoms with Crippen molar-refractivity contribution in [1.82, 2.24) is 0 Å². The van der Waals surface area contributed by atoms with E-state index in [1.54, 1.807) is 0 Å². The van der Waals surface area contributed by atoms with Crippen molar-refractivity contribution in [1.29, 1.82) is 0 Å². The molecule has 0 amide bonds. The smallest absolute Gasteiger partial charge is 0.0215 e. The monoisotopic (exact) mass is 744 g/mol. The summed E-state index contributed by atoms with van der Waals surface area (Å²) in [4.78, 5) is 0. The molecule has 0 radical (unpaired) electrons. The molecule has 1 atom stereocenters. The van der Waals surface area contributed by atoms with Crippen LogP contribution >= 0.6 is 0 Å². The Kier molecular flexibility index (Phi) is 9.35. The summed E-state index contributed by atoms with van der Waals surface area (Å²) in [6.07, 6.45) is 5.94. The molecule has 0 nitrogen and oxygen atoms in total. The van der Waals surface area contributed by atoms with E-state index in [1.807, 2.05) is 0 Å². The lowest BCUT2D eigenvalue weighted by atomic mass is 9.70. The second-order valence-electron chi connectivity index (χ2n) is 16.2. The van der Waals surface area contributed by atoms with E-state index in [-0.39, 0.29) is 5.41 Å². The van der Waals surface area contributed by atoms with Gasteiger partial charge in [-0.25, -0.2) is 0 Å². The zero-order valence-corrected chi connectivity index (χ0v) is 33.5. The van der Waals surface area contributed by atoms with Gasteiger partial charge in [-0.1, -0.05) is 203 Å². The van der Waals surface area contributed by atoms with Crippen molar-refractivity contribution in [3.8, 4) is 66.8 Å². The summed E-state index contributed by atoms with van der Waals surface area (Å²) < 4.78 is 0. The number of fused-ring (bicyclic) bond motifs is 5. The van der Waals surface area contributed by atoms with Crippen LogP contribution < -0.4 is 0 Å². The van der Waals surface area contributed by atoms with Gasteiger partial charge in [0.1, 0.15) is 0 Å². The van der Waals surface area contributed by atoms with Crippen LogP contribution in [0.4, 0.5) is 0 Å². The van der Waals surface area contributed by atoms with Gasteiger partial charge in [-0.15, -0.1) is 0 Å². The molecule has 0 bridgehead atoms. The van der Waals surface area contributed by atoms with Crippen molar-refractivity contribution in [2.45, 2.75) is 51.4 Å². The number of hydrogen-bond donors (Lipinski definition) is 0. The molecule has 0 aliphatic heterocycles. The summed E-state index contributed by atoms with van der Waals surface area (Å²) in [5.74, 6) is 0. The van der Waals surface area contributed by atoms with Gasteiger partial charge in [0.15, 0.2) is 0 Å². The zero-order valence-electron chi connectivity index (χ0n) is 33.5. The molecule has 10 rings (SSSR count). The lowest BCUT2D eigenvalue weighted by Crippen LogP contribution is -2.25. The van der Waals surface area contributed by atoms with E-state index in [0.717, 1.165) is 6.42 Å². The first-order valence-corrected chi connectivity index (χ1v) is 21.2. The molecule has 280 valence electrons. The third kappa shape index (κ3) is 6.07. The molecule has 0 fully saturated rings. The molecule has 0 aromatic heterocycles. The van der Waals surface area contributed by atoms with E-state index < -0.39 is 0 Å². The number of benzene rings is 9. The van der Waals surface area contributed by atoms with Crippen LogP contribution in [0.25, 0.3) is 88.3 Å². The van der Waals surface area contributed by atoms with Gasteiger partial charge in [0.2, 0.25) is 0 Å². The van der Waals surface area contributed by atoms with Crippen LogP contribution in [0.15, 0.2) is 194 Å². The Morgan fingerprint density at radius 1 is 0.310 bits per heavy atom. The van der Waals surface area contributed by atoms with Crippen LogP contribution in [0, 0.1) is 0 Å². The minimum atomic E-state index is 0.0441. The molecule has 58 heavy (non-hydrogen) atoms. The highest BCUT2D eigenvalue weighted by molar-refractivity contribution is 6.21. The SMILES string of the molecule is CCCCC1(CCC)c2ccccc2-c2ccc(-c3c4ccccc4c(-c4ccc(-c5cc(-c6ccccc6)cc(-c6ccccc6)c5)cc4)c4ccccc34)cc21. The molecule has 0 heterocycles. The number of rotatable bonds is 10. The van der Waals surface area contributed by atoms with Crippen molar-refractivity contribution < 1.29 is 0 Å². The summed E-state index contributed by atoms with van der Waals surface area (Å²) in [7, 11) is 0.